The third kappa shape index (κ3) is 2.95. The molecule has 76 valence electrons. The second kappa shape index (κ2) is 5.15. The van der Waals surface area contributed by atoms with Gasteiger partial charge < -0.3 is 14.6 Å². The van der Waals surface area contributed by atoms with E-state index in [0.29, 0.717) is 11.5 Å². The van der Waals surface area contributed by atoms with Gasteiger partial charge >= 0.3 is 5.97 Å². The summed E-state index contributed by atoms with van der Waals surface area (Å²) in [5, 5.41) is 8.39. The van der Waals surface area contributed by atoms with Gasteiger partial charge in [0.2, 0.25) is 0 Å². The monoisotopic (exact) mass is 400 g/mol. The Morgan fingerprint density at radius 3 is 2.27 bits per heavy atom. The molecule has 0 aliphatic carbocycles. The minimum Gasteiger partial charge on any atom is -0.478 e. The van der Waals surface area contributed by atoms with Crippen LogP contribution >= 0.6 is 0 Å². The van der Waals surface area contributed by atoms with E-state index in [9.17, 15) is 4.79 Å². The molecule has 1 heterocycles. The zero-order chi connectivity index (χ0) is 9.97. The number of para-hydroxylation sites is 2. The molecule has 0 saturated carbocycles. The summed E-state index contributed by atoms with van der Waals surface area (Å²) in [6, 6.07) is 7.19. The van der Waals surface area contributed by atoms with E-state index >= 15 is 0 Å². The van der Waals surface area contributed by atoms with Crippen LogP contribution in [-0.4, -0.2) is 44.7 Å². The van der Waals surface area contributed by atoms with E-state index < -0.39 is 12.3 Å². The van der Waals surface area contributed by atoms with Crippen molar-refractivity contribution in [3.05, 3.63) is 36.4 Å². The fourth-order valence-electron chi connectivity index (χ4n) is 1.16. The zero-order valence-corrected chi connectivity index (χ0v) is 11.6. The number of aliphatic carboxylic acids is 1. The van der Waals surface area contributed by atoms with Crippen LogP contribution in [0.15, 0.2) is 36.4 Å². The number of hydrogen-bond acceptors (Lipinski definition) is 3. The van der Waals surface area contributed by atoms with Gasteiger partial charge in [-0.3, -0.25) is 0 Å². The van der Waals surface area contributed by atoms with Crippen LogP contribution in [0.1, 0.15) is 0 Å². The number of carboxylic acids is 1. The molecule has 1 N–H and O–H groups in total. The summed E-state index contributed by atoms with van der Waals surface area (Å²) in [7, 11) is 0. The number of hydrogen-bond donors (Lipinski definition) is 1. The van der Waals surface area contributed by atoms with Crippen molar-refractivity contribution in [2.45, 2.75) is 6.29 Å². The third-order valence-electron chi connectivity index (χ3n) is 1.73. The molecule has 0 spiro atoms. The van der Waals surface area contributed by atoms with Crippen molar-refractivity contribution < 1.29 is 19.4 Å². The molecule has 0 saturated heterocycles. The predicted octanol–water partition coefficient (Wildman–Crippen LogP) is 1.04. The predicted molar refractivity (Wildman–Crippen MR) is 54.0 cm³/mol. The molecule has 1 aromatic carbocycles. The minimum absolute atomic E-state index is 0. The van der Waals surface area contributed by atoms with Gasteiger partial charge in [-0.1, -0.05) is 12.1 Å². The van der Waals surface area contributed by atoms with Gasteiger partial charge in [0.1, 0.15) is 0 Å². The molecule has 4 radical (unpaired) electrons. The summed E-state index contributed by atoms with van der Waals surface area (Å²) in [5.74, 6) is 0.244. The molecule has 2 rings (SSSR count). The fourth-order valence-corrected chi connectivity index (χ4v) is 1.16. The van der Waals surface area contributed by atoms with E-state index in [2.05, 4.69) is 0 Å². The van der Waals surface area contributed by atoms with Crippen LogP contribution in [0.25, 0.3) is 0 Å². The van der Waals surface area contributed by atoms with Crippen LogP contribution in [0.3, 0.4) is 0 Å². The van der Waals surface area contributed by atoms with Gasteiger partial charge in [-0.2, -0.15) is 0 Å². The molecule has 1 aliphatic heterocycles. The number of ether oxygens (including phenoxy) is 2. The van der Waals surface area contributed by atoms with Crippen molar-refractivity contribution in [3.63, 3.8) is 0 Å². The molecule has 0 unspecified atom stereocenters. The van der Waals surface area contributed by atoms with Crippen LogP contribution in [0.5, 0.6) is 11.5 Å². The van der Waals surface area contributed by atoms with Gasteiger partial charge in [0, 0.05) is 39.5 Å². The fraction of sp³-hybridized carbons (Fsp3) is 0.100. The van der Waals surface area contributed by atoms with E-state index in [-0.39, 0.29) is 27.3 Å². The average molecular weight is 399 g/mol. The quantitative estimate of drug-likeness (QED) is 0.597. The van der Waals surface area contributed by atoms with Gasteiger partial charge in [0.25, 0.3) is 6.29 Å². The number of rotatable bonds is 2. The Morgan fingerprint density at radius 2 is 1.80 bits per heavy atom. The third-order valence-corrected chi connectivity index (χ3v) is 1.73. The topological polar surface area (TPSA) is 55.8 Å². The average Bonchev–Trinajstić information content (AvgIpc) is 2.57. The first-order valence-electron chi connectivity index (χ1n) is 4.09. The van der Waals surface area contributed by atoms with E-state index in [0.717, 1.165) is 6.08 Å². The maximum absolute atomic E-state index is 10.2. The van der Waals surface area contributed by atoms with Crippen molar-refractivity contribution in [2.24, 2.45) is 0 Å². The van der Waals surface area contributed by atoms with Gasteiger partial charge in [-0.15, -0.1) is 0 Å². The van der Waals surface area contributed by atoms with Gasteiger partial charge in [0.15, 0.2) is 11.5 Å². The van der Waals surface area contributed by atoms with E-state index in [1.807, 2.05) is 12.1 Å². The summed E-state index contributed by atoms with van der Waals surface area (Å²) >= 11 is 0. The Morgan fingerprint density at radius 1 is 1.27 bits per heavy atom. The van der Waals surface area contributed by atoms with Crippen molar-refractivity contribution in [2.75, 3.05) is 0 Å². The molecule has 4 nitrogen and oxygen atoms in total. The number of carboxylic acid groups (broad SMARTS) is 1. The summed E-state index contributed by atoms with van der Waals surface area (Å²) in [4.78, 5) is 10.2. The van der Waals surface area contributed by atoms with Crippen molar-refractivity contribution in [1.82, 2.24) is 0 Å². The molecular formula is C10H8O4Pb. The standard InChI is InChI=1S/C10H8O4.Pb/c11-9(12)5-6-10-13-7-3-1-2-4-8(7)14-10;/h1-6,10H,(H,11,12);. The molecule has 0 atom stereocenters. The zero-order valence-electron chi connectivity index (χ0n) is 7.71. The smallest absolute Gasteiger partial charge is 0.328 e. The molecular weight excluding hydrogens is 391 g/mol. The Labute approximate surface area is 107 Å². The van der Waals surface area contributed by atoms with Crippen molar-refractivity contribution >= 4 is 33.3 Å². The van der Waals surface area contributed by atoms with Crippen LogP contribution < -0.4 is 9.47 Å². The molecule has 0 bridgehead atoms. The van der Waals surface area contributed by atoms with E-state index in [1.54, 1.807) is 12.1 Å². The summed E-state index contributed by atoms with van der Waals surface area (Å²) in [5.41, 5.74) is 0. The largest absolute Gasteiger partial charge is 0.478 e. The van der Waals surface area contributed by atoms with Crippen LogP contribution in [-0.2, 0) is 4.79 Å². The molecule has 0 aromatic heterocycles. The first-order valence-corrected chi connectivity index (χ1v) is 4.09. The Balaban J connectivity index is 0.00000112. The number of fused-ring (bicyclic) bond motifs is 1. The SMILES string of the molecule is O=C(O)C=CC1Oc2ccccc2O1.[Pb]. The number of benzene rings is 1. The van der Waals surface area contributed by atoms with Crippen molar-refractivity contribution in [1.29, 1.82) is 0 Å². The Bertz CT molecular complexity index is 364. The van der Waals surface area contributed by atoms with Crippen LogP contribution in [0.4, 0.5) is 0 Å². The first-order chi connectivity index (χ1) is 6.75. The molecule has 0 fully saturated rings. The van der Waals surface area contributed by atoms with Gasteiger partial charge in [-0.25, -0.2) is 4.79 Å². The summed E-state index contributed by atoms with van der Waals surface area (Å²) in [6.45, 7) is 0. The molecule has 0 amide bonds. The second-order valence-corrected chi connectivity index (χ2v) is 2.75. The van der Waals surface area contributed by atoms with Gasteiger partial charge in [-0.05, 0) is 12.1 Å². The van der Waals surface area contributed by atoms with Gasteiger partial charge in [0.05, 0.1) is 0 Å². The summed E-state index contributed by atoms with van der Waals surface area (Å²) < 4.78 is 10.6. The molecule has 1 aliphatic rings. The normalized spacial score (nSPS) is 13.9. The second-order valence-electron chi connectivity index (χ2n) is 2.75. The first kappa shape index (κ1) is 12.0. The number of carbonyl (C=O) groups is 1. The maximum atomic E-state index is 10.2. The Hall–Kier alpha value is -1.05. The van der Waals surface area contributed by atoms with E-state index in [1.165, 1.54) is 6.08 Å². The summed E-state index contributed by atoms with van der Waals surface area (Å²) in [6.07, 6.45) is 1.71. The van der Waals surface area contributed by atoms with Crippen LogP contribution in [0, 0.1) is 0 Å². The molecule has 5 heteroatoms. The molecule has 1 aromatic rings. The minimum atomic E-state index is -1.02. The van der Waals surface area contributed by atoms with Crippen molar-refractivity contribution in [3.8, 4) is 11.5 Å². The maximum Gasteiger partial charge on any atom is 0.328 e. The van der Waals surface area contributed by atoms with E-state index in [4.69, 9.17) is 14.6 Å². The van der Waals surface area contributed by atoms with Crippen LogP contribution in [0.2, 0.25) is 0 Å². The molecule has 15 heavy (non-hydrogen) atoms. The Kier molecular flexibility index (Phi) is 4.13.